The average Bonchev–Trinajstić information content (AvgIpc) is 2.82. The number of phenols is 1. The van der Waals surface area contributed by atoms with Gasteiger partial charge in [0.1, 0.15) is 5.75 Å². The number of carbonyl (C=O) groups is 3. The molecular formula is C23H23ClF3N5O6. The van der Waals surface area contributed by atoms with Crippen LogP contribution < -0.4 is 21.3 Å². The predicted molar refractivity (Wildman–Crippen MR) is 130 cm³/mol. The van der Waals surface area contributed by atoms with Crippen molar-refractivity contribution in [1.82, 2.24) is 16.0 Å². The summed E-state index contributed by atoms with van der Waals surface area (Å²) in [4.78, 5) is 40.4. The third-order valence-corrected chi connectivity index (χ3v) is 5.40. The lowest BCUT2D eigenvalue weighted by atomic mass is 10.0. The minimum Gasteiger partial charge on any atom is -0.508 e. The molecule has 11 nitrogen and oxygen atoms in total. The number of alkyl halides is 3. The van der Waals surface area contributed by atoms with Crippen LogP contribution in [-0.4, -0.2) is 64.8 Å². The molecule has 2 amide bonds. The Hall–Kier alpha value is -4.04. The zero-order valence-corrected chi connectivity index (χ0v) is 20.2. The summed E-state index contributed by atoms with van der Waals surface area (Å²) in [6.45, 7) is -0.235. The molecular weight excluding hydrogens is 535 g/mol. The van der Waals surface area contributed by atoms with E-state index in [9.17, 15) is 42.9 Å². The van der Waals surface area contributed by atoms with Crippen molar-refractivity contribution in [2.75, 3.05) is 25.0 Å². The average molecular weight is 558 g/mol. The van der Waals surface area contributed by atoms with E-state index in [0.29, 0.717) is 18.1 Å². The highest BCUT2D eigenvalue weighted by Crippen LogP contribution is 2.34. The summed E-state index contributed by atoms with van der Waals surface area (Å²) < 4.78 is 39.5. The van der Waals surface area contributed by atoms with Gasteiger partial charge in [-0.25, -0.2) is 0 Å². The largest absolute Gasteiger partial charge is 0.508 e. The van der Waals surface area contributed by atoms with E-state index in [0.717, 1.165) is 12.1 Å². The minimum absolute atomic E-state index is 0.0384. The van der Waals surface area contributed by atoms with Gasteiger partial charge in [0.2, 0.25) is 5.91 Å². The van der Waals surface area contributed by atoms with Gasteiger partial charge in [-0.15, -0.1) is 0 Å². The standard InChI is InChI=1S/C23H23ClF3N5O6/c24-14-2-11(1-13(5-14)23(25,26)27)18(7-20(36)37)32-19(35)10-28-21(38)12-3-15(6-16(33)4-12)31-22-29-8-17(34)9-30-22/h1-6,17-18,33-34H,7-10H2,(H,28,38)(H,32,35)(H,36,37)(H2,29,30,31)/t18-/m0/s1. The lowest BCUT2D eigenvalue weighted by Gasteiger charge is -2.20. The molecule has 0 spiro atoms. The van der Waals surface area contributed by atoms with E-state index in [1.807, 2.05) is 0 Å². The number of hydrogen-bond acceptors (Lipinski definition) is 8. The number of carboxylic acids is 1. The van der Waals surface area contributed by atoms with Gasteiger partial charge >= 0.3 is 12.1 Å². The summed E-state index contributed by atoms with van der Waals surface area (Å²) >= 11 is 5.77. The Morgan fingerprint density at radius 2 is 1.89 bits per heavy atom. The number of nitrogens with one attached hydrogen (secondary N) is 4. The van der Waals surface area contributed by atoms with Crippen molar-refractivity contribution in [3.05, 3.63) is 58.1 Å². The lowest BCUT2D eigenvalue weighted by molar-refractivity contribution is -0.138. The fraction of sp³-hybridized carbons (Fsp3) is 0.304. The summed E-state index contributed by atoms with van der Waals surface area (Å²) in [6, 6.07) is 4.91. The first-order chi connectivity index (χ1) is 17.8. The zero-order chi connectivity index (χ0) is 28.0. The number of guanidine groups is 1. The quantitative estimate of drug-likeness (QED) is 0.258. The maximum Gasteiger partial charge on any atom is 0.416 e. The normalized spacial score (nSPS) is 16.0. The van der Waals surface area contributed by atoms with Gasteiger partial charge in [-0.2, -0.15) is 13.2 Å². The molecule has 2 aromatic rings. The third-order valence-electron chi connectivity index (χ3n) is 5.18. The second-order valence-corrected chi connectivity index (χ2v) is 8.73. The second-order valence-electron chi connectivity index (χ2n) is 8.29. The number of phenolic OH excluding ortho intramolecular Hbond substituents is 1. The number of hydrogen-bond donors (Lipinski definition) is 7. The van der Waals surface area contributed by atoms with Gasteiger partial charge in [0.05, 0.1) is 37.2 Å². The number of nitrogens with zero attached hydrogens (tertiary/aromatic N) is 1. The number of benzene rings is 2. The van der Waals surface area contributed by atoms with Crippen LogP contribution in [0.3, 0.4) is 0 Å². The Balaban J connectivity index is 1.67. The first-order valence-corrected chi connectivity index (χ1v) is 11.4. The fourth-order valence-electron chi connectivity index (χ4n) is 3.48. The van der Waals surface area contributed by atoms with Gasteiger partial charge in [-0.1, -0.05) is 11.6 Å². The van der Waals surface area contributed by atoms with Crippen molar-refractivity contribution in [2.45, 2.75) is 24.7 Å². The number of β-amino-alcohol motifs (C(OH)–C–C–N with tert-alkyl or cyclic N) is 1. The SMILES string of the molecule is O=C(O)C[C@H](NC(=O)CNC(=O)c1cc(O)cc(NC2=NCC(O)CN2)c1)c1cc(Cl)cc(C(F)(F)F)c1. The Morgan fingerprint density at radius 3 is 2.53 bits per heavy atom. The van der Waals surface area contributed by atoms with E-state index >= 15 is 0 Å². The maximum atomic E-state index is 13.2. The van der Waals surface area contributed by atoms with Crippen molar-refractivity contribution < 1.29 is 42.9 Å². The molecule has 2 aromatic carbocycles. The van der Waals surface area contributed by atoms with Crippen LogP contribution in [0.15, 0.2) is 41.4 Å². The number of halogens is 4. The van der Waals surface area contributed by atoms with Gasteiger partial charge < -0.3 is 36.6 Å². The highest BCUT2D eigenvalue weighted by atomic mass is 35.5. The molecule has 0 bridgehead atoms. The molecule has 1 unspecified atom stereocenters. The van der Waals surface area contributed by atoms with Crippen LogP contribution in [0.25, 0.3) is 0 Å². The van der Waals surface area contributed by atoms with E-state index in [2.05, 4.69) is 26.3 Å². The highest BCUT2D eigenvalue weighted by Gasteiger charge is 2.32. The number of rotatable bonds is 8. The Kier molecular flexibility index (Phi) is 9.01. The summed E-state index contributed by atoms with van der Waals surface area (Å²) in [5.74, 6) is -3.00. The third kappa shape index (κ3) is 8.24. The molecule has 3 rings (SSSR count). The van der Waals surface area contributed by atoms with Crippen molar-refractivity contribution in [2.24, 2.45) is 4.99 Å². The molecule has 0 radical (unpaired) electrons. The van der Waals surface area contributed by atoms with Gasteiger partial charge in [-0.3, -0.25) is 19.4 Å². The van der Waals surface area contributed by atoms with Crippen LogP contribution in [0, 0.1) is 0 Å². The number of aliphatic imine (C=N–C) groups is 1. The molecule has 7 N–H and O–H groups in total. The Labute approximate surface area is 218 Å². The summed E-state index contributed by atoms with van der Waals surface area (Å²) in [6.07, 6.45) is -6.13. The van der Waals surface area contributed by atoms with Gasteiger partial charge in [0, 0.05) is 28.9 Å². The molecule has 204 valence electrons. The molecule has 2 atom stereocenters. The van der Waals surface area contributed by atoms with E-state index in [-0.39, 0.29) is 40.7 Å². The van der Waals surface area contributed by atoms with Gasteiger partial charge in [0.25, 0.3) is 5.91 Å². The smallest absolute Gasteiger partial charge is 0.416 e. The van der Waals surface area contributed by atoms with E-state index in [1.54, 1.807) is 0 Å². The van der Waals surface area contributed by atoms with E-state index < -0.39 is 54.6 Å². The van der Waals surface area contributed by atoms with Crippen molar-refractivity contribution in [3.8, 4) is 5.75 Å². The number of carboxylic acid groups (broad SMARTS) is 1. The maximum absolute atomic E-state index is 13.2. The lowest BCUT2D eigenvalue weighted by Crippen LogP contribution is -2.42. The van der Waals surface area contributed by atoms with Gasteiger partial charge in [0.15, 0.2) is 5.96 Å². The number of anilines is 1. The molecule has 0 fully saturated rings. The van der Waals surface area contributed by atoms with Gasteiger partial charge in [-0.05, 0) is 35.9 Å². The molecule has 0 saturated heterocycles. The number of aliphatic hydroxyl groups is 1. The Morgan fingerprint density at radius 1 is 1.16 bits per heavy atom. The van der Waals surface area contributed by atoms with Crippen molar-refractivity contribution >= 4 is 41.0 Å². The molecule has 0 saturated carbocycles. The van der Waals surface area contributed by atoms with Crippen molar-refractivity contribution in [3.63, 3.8) is 0 Å². The summed E-state index contributed by atoms with van der Waals surface area (Å²) in [5.41, 5.74) is -1.05. The summed E-state index contributed by atoms with van der Waals surface area (Å²) in [7, 11) is 0. The van der Waals surface area contributed by atoms with Crippen LogP contribution >= 0.6 is 11.6 Å². The number of aromatic hydroxyl groups is 1. The molecule has 0 aliphatic carbocycles. The second kappa shape index (κ2) is 12.0. The number of carbonyl (C=O) groups excluding carboxylic acids is 2. The van der Waals surface area contributed by atoms with Crippen LogP contribution in [0.2, 0.25) is 5.02 Å². The molecule has 1 aliphatic heterocycles. The summed E-state index contributed by atoms with van der Waals surface area (Å²) in [5, 5.41) is 38.6. The van der Waals surface area contributed by atoms with Crippen LogP contribution in [-0.2, 0) is 15.8 Å². The van der Waals surface area contributed by atoms with Crippen molar-refractivity contribution in [1.29, 1.82) is 0 Å². The van der Waals surface area contributed by atoms with Crippen LogP contribution in [0.4, 0.5) is 18.9 Å². The Bertz CT molecular complexity index is 1260. The monoisotopic (exact) mass is 557 g/mol. The number of amides is 2. The molecule has 1 heterocycles. The highest BCUT2D eigenvalue weighted by molar-refractivity contribution is 6.30. The minimum atomic E-state index is -4.75. The number of aliphatic carboxylic acids is 1. The first kappa shape index (κ1) is 28.5. The molecule has 15 heteroatoms. The van der Waals surface area contributed by atoms with E-state index in [4.69, 9.17) is 11.6 Å². The number of aliphatic hydroxyl groups excluding tert-OH is 1. The predicted octanol–water partition coefficient (Wildman–Crippen LogP) is 1.86. The first-order valence-electron chi connectivity index (χ1n) is 11.0. The zero-order valence-electron chi connectivity index (χ0n) is 19.5. The molecule has 0 aromatic heterocycles. The molecule has 38 heavy (non-hydrogen) atoms. The van der Waals surface area contributed by atoms with E-state index in [1.165, 1.54) is 12.1 Å². The molecule has 1 aliphatic rings. The van der Waals surface area contributed by atoms with Crippen LogP contribution in [0.5, 0.6) is 5.75 Å². The van der Waals surface area contributed by atoms with Crippen LogP contribution in [0.1, 0.15) is 33.9 Å². The fourth-order valence-corrected chi connectivity index (χ4v) is 3.72. The topological polar surface area (TPSA) is 172 Å².